The predicted molar refractivity (Wildman–Crippen MR) is 105 cm³/mol. The number of rotatable bonds is 10. The molecule has 1 heterocycles. The SMILES string of the molecule is COc1ccc(CCNC(=O)c2ccnc(NCCCN(C)C)c2)cc1. The summed E-state index contributed by atoms with van der Waals surface area (Å²) in [5.41, 5.74) is 1.77. The number of hydrogen-bond donors (Lipinski definition) is 2. The number of nitrogens with zero attached hydrogens (tertiary/aromatic N) is 2. The Kier molecular flexibility index (Phi) is 7.89. The number of aromatic nitrogens is 1. The first-order valence-electron chi connectivity index (χ1n) is 8.84. The number of pyridine rings is 1. The molecule has 26 heavy (non-hydrogen) atoms. The molecule has 0 aliphatic rings. The van der Waals surface area contributed by atoms with Gasteiger partial charge in [0.2, 0.25) is 0 Å². The summed E-state index contributed by atoms with van der Waals surface area (Å²) in [4.78, 5) is 18.7. The third-order valence-corrected chi connectivity index (χ3v) is 3.97. The van der Waals surface area contributed by atoms with Crippen molar-refractivity contribution >= 4 is 11.7 Å². The Labute approximate surface area is 155 Å². The van der Waals surface area contributed by atoms with E-state index >= 15 is 0 Å². The molecule has 0 saturated carbocycles. The van der Waals surface area contributed by atoms with E-state index in [9.17, 15) is 4.79 Å². The summed E-state index contributed by atoms with van der Waals surface area (Å²) in [6.07, 6.45) is 3.45. The largest absolute Gasteiger partial charge is 0.497 e. The fourth-order valence-corrected chi connectivity index (χ4v) is 2.49. The normalized spacial score (nSPS) is 10.6. The summed E-state index contributed by atoms with van der Waals surface area (Å²) >= 11 is 0. The van der Waals surface area contributed by atoms with Gasteiger partial charge in [-0.2, -0.15) is 0 Å². The Morgan fingerprint density at radius 3 is 2.62 bits per heavy atom. The van der Waals surface area contributed by atoms with Crippen LogP contribution in [0.4, 0.5) is 5.82 Å². The Morgan fingerprint density at radius 2 is 1.92 bits per heavy atom. The molecule has 0 radical (unpaired) electrons. The number of methoxy groups -OCH3 is 1. The molecular weight excluding hydrogens is 328 g/mol. The van der Waals surface area contributed by atoms with E-state index in [-0.39, 0.29) is 5.91 Å². The fourth-order valence-electron chi connectivity index (χ4n) is 2.49. The highest BCUT2D eigenvalue weighted by molar-refractivity contribution is 5.94. The lowest BCUT2D eigenvalue weighted by molar-refractivity contribution is 0.0954. The average molecular weight is 356 g/mol. The second kappa shape index (κ2) is 10.4. The lowest BCUT2D eigenvalue weighted by Crippen LogP contribution is -2.25. The summed E-state index contributed by atoms with van der Waals surface area (Å²) < 4.78 is 5.14. The van der Waals surface area contributed by atoms with E-state index in [2.05, 4.69) is 34.6 Å². The zero-order valence-corrected chi connectivity index (χ0v) is 15.8. The van der Waals surface area contributed by atoms with Gasteiger partial charge >= 0.3 is 0 Å². The van der Waals surface area contributed by atoms with Crippen molar-refractivity contribution in [2.24, 2.45) is 0 Å². The zero-order chi connectivity index (χ0) is 18.8. The molecule has 0 aliphatic heterocycles. The summed E-state index contributed by atoms with van der Waals surface area (Å²) in [6.45, 7) is 2.42. The van der Waals surface area contributed by atoms with Crippen molar-refractivity contribution in [3.63, 3.8) is 0 Å². The molecule has 1 aromatic carbocycles. The highest BCUT2D eigenvalue weighted by atomic mass is 16.5. The van der Waals surface area contributed by atoms with E-state index in [0.717, 1.165) is 43.1 Å². The molecule has 6 heteroatoms. The minimum absolute atomic E-state index is 0.0859. The summed E-state index contributed by atoms with van der Waals surface area (Å²) in [5.74, 6) is 1.48. The molecular formula is C20H28N4O2. The van der Waals surface area contributed by atoms with Crippen molar-refractivity contribution in [1.82, 2.24) is 15.2 Å². The number of benzene rings is 1. The van der Waals surface area contributed by atoms with Gasteiger partial charge in [-0.1, -0.05) is 12.1 Å². The van der Waals surface area contributed by atoms with E-state index < -0.39 is 0 Å². The van der Waals surface area contributed by atoms with Gasteiger partial charge < -0.3 is 20.3 Å². The van der Waals surface area contributed by atoms with Crippen LogP contribution >= 0.6 is 0 Å². The van der Waals surface area contributed by atoms with Crippen LogP contribution in [0.25, 0.3) is 0 Å². The van der Waals surface area contributed by atoms with Crippen LogP contribution in [0.2, 0.25) is 0 Å². The van der Waals surface area contributed by atoms with Crippen LogP contribution in [0.5, 0.6) is 5.75 Å². The quantitative estimate of drug-likeness (QED) is 0.640. The zero-order valence-electron chi connectivity index (χ0n) is 15.8. The van der Waals surface area contributed by atoms with Gasteiger partial charge in [-0.25, -0.2) is 4.98 Å². The lowest BCUT2D eigenvalue weighted by Gasteiger charge is -2.11. The highest BCUT2D eigenvalue weighted by Crippen LogP contribution is 2.11. The van der Waals surface area contributed by atoms with Gasteiger partial charge in [-0.15, -0.1) is 0 Å². The first-order valence-corrected chi connectivity index (χ1v) is 8.84. The number of ether oxygens (including phenoxy) is 1. The number of anilines is 1. The first kappa shape index (κ1) is 19.7. The molecule has 140 valence electrons. The minimum Gasteiger partial charge on any atom is -0.497 e. The van der Waals surface area contributed by atoms with E-state index in [1.54, 1.807) is 25.4 Å². The average Bonchev–Trinajstić information content (AvgIpc) is 2.66. The molecule has 0 bridgehead atoms. The number of nitrogens with one attached hydrogen (secondary N) is 2. The van der Waals surface area contributed by atoms with Gasteiger partial charge in [0.1, 0.15) is 11.6 Å². The van der Waals surface area contributed by atoms with Crippen LogP contribution in [0, 0.1) is 0 Å². The second-order valence-electron chi connectivity index (χ2n) is 6.37. The topological polar surface area (TPSA) is 66.5 Å². The number of carbonyl (C=O) groups is 1. The summed E-state index contributed by atoms with van der Waals surface area (Å²) in [6, 6.07) is 11.4. The number of carbonyl (C=O) groups excluding carboxylic acids is 1. The van der Waals surface area contributed by atoms with Crippen molar-refractivity contribution < 1.29 is 9.53 Å². The molecule has 1 aromatic heterocycles. The lowest BCUT2D eigenvalue weighted by atomic mass is 10.1. The van der Waals surface area contributed by atoms with Crippen LogP contribution in [-0.4, -0.2) is 56.6 Å². The molecule has 2 rings (SSSR count). The van der Waals surface area contributed by atoms with Gasteiger partial charge in [0, 0.05) is 24.8 Å². The second-order valence-corrected chi connectivity index (χ2v) is 6.37. The third kappa shape index (κ3) is 6.72. The maximum Gasteiger partial charge on any atom is 0.251 e. The van der Waals surface area contributed by atoms with Crippen LogP contribution in [0.15, 0.2) is 42.6 Å². The molecule has 0 aliphatic carbocycles. The van der Waals surface area contributed by atoms with E-state index in [4.69, 9.17) is 4.74 Å². The molecule has 6 nitrogen and oxygen atoms in total. The van der Waals surface area contributed by atoms with E-state index in [1.807, 2.05) is 24.3 Å². The van der Waals surface area contributed by atoms with E-state index in [0.29, 0.717) is 12.1 Å². The molecule has 1 amide bonds. The molecule has 0 saturated heterocycles. The number of hydrogen-bond acceptors (Lipinski definition) is 5. The molecule has 0 fully saturated rings. The first-order chi connectivity index (χ1) is 12.6. The van der Waals surface area contributed by atoms with Gasteiger partial charge in [-0.3, -0.25) is 4.79 Å². The van der Waals surface area contributed by atoms with Crippen molar-refractivity contribution in [2.45, 2.75) is 12.8 Å². The maximum atomic E-state index is 12.3. The van der Waals surface area contributed by atoms with Crippen molar-refractivity contribution in [1.29, 1.82) is 0 Å². The molecule has 0 atom stereocenters. The van der Waals surface area contributed by atoms with E-state index in [1.165, 1.54) is 0 Å². The number of amides is 1. The van der Waals surface area contributed by atoms with Crippen LogP contribution < -0.4 is 15.4 Å². The van der Waals surface area contributed by atoms with Gasteiger partial charge in [0.05, 0.1) is 7.11 Å². The predicted octanol–water partition coefficient (Wildman–Crippen LogP) is 2.43. The fraction of sp³-hybridized carbons (Fsp3) is 0.400. The van der Waals surface area contributed by atoms with Crippen LogP contribution in [-0.2, 0) is 6.42 Å². The van der Waals surface area contributed by atoms with Gasteiger partial charge in [0.25, 0.3) is 5.91 Å². The smallest absolute Gasteiger partial charge is 0.251 e. The minimum atomic E-state index is -0.0859. The van der Waals surface area contributed by atoms with Gasteiger partial charge in [-0.05, 0) is 63.3 Å². The van der Waals surface area contributed by atoms with Crippen molar-refractivity contribution in [3.8, 4) is 5.75 Å². The monoisotopic (exact) mass is 356 g/mol. The highest BCUT2D eigenvalue weighted by Gasteiger charge is 2.06. The van der Waals surface area contributed by atoms with Crippen LogP contribution in [0.1, 0.15) is 22.3 Å². The third-order valence-electron chi connectivity index (χ3n) is 3.97. The molecule has 2 aromatic rings. The Morgan fingerprint density at radius 1 is 1.15 bits per heavy atom. The standard InChI is InChI=1S/C20H28N4O2/c1-24(2)14-4-11-21-19-15-17(10-13-22-19)20(25)23-12-9-16-5-7-18(26-3)8-6-16/h5-8,10,13,15H,4,9,11-12,14H2,1-3H3,(H,21,22)(H,23,25). The Bertz CT molecular complexity index is 686. The summed E-state index contributed by atoms with van der Waals surface area (Å²) in [5, 5.41) is 6.21. The molecule has 0 unspecified atom stereocenters. The summed E-state index contributed by atoms with van der Waals surface area (Å²) in [7, 11) is 5.75. The van der Waals surface area contributed by atoms with Crippen LogP contribution in [0.3, 0.4) is 0 Å². The van der Waals surface area contributed by atoms with Crippen molar-refractivity contribution in [2.75, 3.05) is 46.2 Å². The molecule has 0 spiro atoms. The van der Waals surface area contributed by atoms with Gasteiger partial charge in [0.15, 0.2) is 0 Å². The molecule has 2 N–H and O–H groups in total. The Balaban J connectivity index is 1.78. The van der Waals surface area contributed by atoms with Crippen molar-refractivity contribution in [3.05, 3.63) is 53.7 Å². The maximum absolute atomic E-state index is 12.3. The Hall–Kier alpha value is -2.60.